The van der Waals surface area contributed by atoms with Gasteiger partial charge in [-0.25, -0.2) is 8.42 Å². The van der Waals surface area contributed by atoms with E-state index in [1.54, 1.807) is 0 Å². The summed E-state index contributed by atoms with van der Waals surface area (Å²) in [5.74, 6) is 0.697. The average molecular weight is 231 g/mol. The van der Waals surface area contributed by atoms with Crippen molar-refractivity contribution in [1.29, 1.82) is 0 Å². The van der Waals surface area contributed by atoms with E-state index in [9.17, 15) is 8.42 Å². The second-order valence-electron chi connectivity index (χ2n) is 4.28. The van der Waals surface area contributed by atoms with Gasteiger partial charge in [0.2, 0.25) is 0 Å². The van der Waals surface area contributed by atoms with Crippen LogP contribution in [0.25, 0.3) is 0 Å². The molecule has 0 bridgehead atoms. The molecule has 6 heteroatoms. The van der Waals surface area contributed by atoms with E-state index in [2.05, 4.69) is 10.3 Å². The van der Waals surface area contributed by atoms with Crippen LogP contribution in [0, 0.1) is 0 Å². The van der Waals surface area contributed by atoms with Crippen molar-refractivity contribution < 1.29 is 8.42 Å². The van der Waals surface area contributed by atoms with Crippen molar-refractivity contribution in [2.24, 2.45) is 10.7 Å². The Hall–Kier alpha value is -0.780. The maximum atomic E-state index is 11.5. The van der Waals surface area contributed by atoms with Gasteiger partial charge in [0.1, 0.15) is 0 Å². The highest BCUT2D eigenvalue weighted by molar-refractivity contribution is 7.92. The van der Waals surface area contributed by atoms with E-state index in [4.69, 9.17) is 5.73 Å². The molecule has 0 aromatic rings. The van der Waals surface area contributed by atoms with Gasteiger partial charge < -0.3 is 11.1 Å². The molecule has 2 fully saturated rings. The highest BCUT2D eigenvalue weighted by Crippen LogP contribution is 2.20. The summed E-state index contributed by atoms with van der Waals surface area (Å²) in [5, 5.41) is 2.73. The summed E-state index contributed by atoms with van der Waals surface area (Å²) in [6, 6.07) is 0.467. The van der Waals surface area contributed by atoms with Crippen molar-refractivity contribution in [3.05, 3.63) is 0 Å². The van der Waals surface area contributed by atoms with Gasteiger partial charge >= 0.3 is 0 Å². The highest BCUT2D eigenvalue weighted by Gasteiger charge is 2.31. The van der Waals surface area contributed by atoms with Gasteiger partial charge in [-0.2, -0.15) is 0 Å². The van der Waals surface area contributed by atoms with Crippen LogP contribution < -0.4 is 11.1 Å². The van der Waals surface area contributed by atoms with E-state index in [-0.39, 0.29) is 5.25 Å². The second kappa shape index (κ2) is 4.00. The molecule has 1 unspecified atom stereocenters. The SMILES string of the molecule is NC(=NCC1CCCS1(=O)=O)NC1CC1. The molecule has 0 spiro atoms. The summed E-state index contributed by atoms with van der Waals surface area (Å²) >= 11 is 0. The maximum absolute atomic E-state index is 11.5. The molecule has 0 aromatic heterocycles. The third kappa shape index (κ3) is 2.84. The van der Waals surface area contributed by atoms with Crippen LogP contribution in [0.2, 0.25) is 0 Å². The number of hydrogen-bond acceptors (Lipinski definition) is 3. The lowest BCUT2D eigenvalue weighted by Crippen LogP contribution is -2.34. The molecule has 1 saturated heterocycles. The Balaban J connectivity index is 1.85. The number of nitrogens with zero attached hydrogens (tertiary/aromatic N) is 1. The third-order valence-electron chi connectivity index (χ3n) is 2.86. The van der Waals surface area contributed by atoms with Crippen molar-refractivity contribution >= 4 is 15.8 Å². The minimum Gasteiger partial charge on any atom is -0.370 e. The van der Waals surface area contributed by atoms with Crippen LogP contribution in [0.3, 0.4) is 0 Å². The number of hydrogen-bond donors (Lipinski definition) is 2. The predicted octanol–water partition coefficient (Wildman–Crippen LogP) is -0.370. The first-order valence-electron chi connectivity index (χ1n) is 5.36. The van der Waals surface area contributed by atoms with E-state index in [1.807, 2.05) is 0 Å². The fraction of sp³-hybridized carbons (Fsp3) is 0.889. The molecule has 2 aliphatic rings. The van der Waals surface area contributed by atoms with Crippen molar-refractivity contribution in [3.63, 3.8) is 0 Å². The Kier molecular flexibility index (Phi) is 2.86. The zero-order chi connectivity index (χ0) is 10.9. The minimum absolute atomic E-state index is 0.308. The van der Waals surface area contributed by atoms with Crippen LogP contribution in [0.5, 0.6) is 0 Å². The van der Waals surface area contributed by atoms with Gasteiger partial charge in [-0.3, -0.25) is 4.99 Å². The minimum atomic E-state index is -2.89. The molecule has 2 rings (SSSR count). The lowest BCUT2D eigenvalue weighted by Gasteiger charge is -2.07. The van der Waals surface area contributed by atoms with Gasteiger partial charge in [0.25, 0.3) is 0 Å². The Labute approximate surface area is 90.1 Å². The molecule has 1 saturated carbocycles. The monoisotopic (exact) mass is 231 g/mol. The van der Waals surface area contributed by atoms with Gasteiger partial charge in [0.05, 0.1) is 17.5 Å². The topological polar surface area (TPSA) is 84.5 Å². The molecule has 0 aromatic carbocycles. The van der Waals surface area contributed by atoms with Gasteiger partial charge in [-0.1, -0.05) is 0 Å². The van der Waals surface area contributed by atoms with Crippen LogP contribution in [0.1, 0.15) is 25.7 Å². The Morgan fingerprint density at radius 2 is 2.13 bits per heavy atom. The summed E-state index contributed by atoms with van der Waals surface area (Å²) in [5.41, 5.74) is 5.63. The molecular formula is C9H17N3O2S. The molecule has 0 amide bonds. The van der Waals surface area contributed by atoms with E-state index in [0.717, 1.165) is 25.7 Å². The summed E-state index contributed by atoms with van der Waals surface area (Å²) in [6.45, 7) is 0.313. The highest BCUT2D eigenvalue weighted by atomic mass is 32.2. The quantitative estimate of drug-likeness (QED) is 0.513. The maximum Gasteiger partial charge on any atom is 0.188 e. The molecule has 1 atom stereocenters. The number of nitrogens with two attached hydrogens (primary N) is 1. The molecular weight excluding hydrogens is 214 g/mol. The van der Waals surface area contributed by atoms with Crippen LogP contribution in [-0.2, 0) is 9.84 Å². The number of aliphatic imine (C=N–C) groups is 1. The first-order valence-corrected chi connectivity index (χ1v) is 7.07. The first-order chi connectivity index (χ1) is 7.08. The smallest absolute Gasteiger partial charge is 0.188 e. The lowest BCUT2D eigenvalue weighted by molar-refractivity contribution is 0.590. The standard InChI is InChI=1S/C9H17N3O2S/c10-9(12-7-3-4-7)11-6-8-2-1-5-15(8,13)14/h7-8H,1-6H2,(H3,10,11,12). The van der Waals surface area contributed by atoms with Crippen molar-refractivity contribution in [1.82, 2.24) is 5.32 Å². The van der Waals surface area contributed by atoms with E-state index in [0.29, 0.717) is 24.3 Å². The van der Waals surface area contributed by atoms with Crippen LogP contribution in [0.4, 0.5) is 0 Å². The summed E-state index contributed by atoms with van der Waals surface area (Å²) in [7, 11) is -2.89. The van der Waals surface area contributed by atoms with Crippen LogP contribution in [-0.4, -0.2) is 38.0 Å². The van der Waals surface area contributed by atoms with E-state index in [1.165, 1.54) is 0 Å². The zero-order valence-electron chi connectivity index (χ0n) is 8.65. The molecule has 15 heavy (non-hydrogen) atoms. The lowest BCUT2D eigenvalue weighted by atomic mass is 10.2. The van der Waals surface area contributed by atoms with Gasteiger partial charge in [-0.05, 0) is 25.7 Å². The van der Waals surface area contributed by atoms with Gasteiger partial charge in [0.15, 0.2) is 15.8 Å². The second-order valence-corrected chi connectivity index (χ2v) is 6.68. The molecule has 1 heterocycles. The molecule has 1 aliphatic carbocycles. The summed E-state index contributed by atoms with van der Waals surface area (Å²) in [6.07, 6.45) is 3.76. The molecule has 5 nitrogen and oxygen atoms in total. The normalized spacial score (nSPS) is 30.4. The fourth-order valence-electron chi connectivity index (χ4n) is 1.75. The first kappa shape index (κ1) is 10.7. The van der Waals surface area contributed by atoms with Gasteiger partial charge in [0, 0.05) is 6.04 Å². The molecule has 1 aliphatic heterocycles. The molecule has 3 N–H and O–H groups in total. The molecule has 0 radical (unpaired) electrons. The van der Waals surface area contributed by atoms with E-state index >= 15 is 0 Å². The number of sulfone groups is 1. The van der Waals surface area contributed by atoms with Crippen LogP contribution >= 0.6 is 0 Å². The summed E-state index contributed by atoms with van der Waals surface area (Å²) < 4.78 is 23.0. The largest absolute Gasteiger partial charge is 0.370 e. The fourth-order valence-corrected chi connectivity index (χ4v) is 3.48. The number of nitrogens with one attached hydrogen (secondary N) is 1. The Morgan fingerprint density at radius 1 is 1.40 bits per heavy atom. The van der Waals surface area contributed by atoms with Crippen molar-refractivity contribution in [2.75, 3.05) is 12.3 Å². The Morgan fingerprint density at radius 3 is 2.67 bits per heavy atom. The zero-order valence-corrected chi connectivity index (χ0v) is 9.46. The predicted molar refractivity (Wildman–Crippen MR) is 59.5 cm³/mol. The Bertz CT molecular complexity index is 360. The van der Waals surface area contributed by atoms with Crippen LogP contribution in [0.15, 0.2) is 4.99 Å². The number of guanidine groups is 1. The third-order valence-corrected chi connectivity index (χ3v) is 5.12. The van der Waals surface area contributed by atoms with Crippen molar-refractivity contribution in [2.45, 2.75) is 37.0 Å². The van der Waals surface area contributed by atoms with Gasteiger partial charge in [-0.15, -0.1) is 0 Å². The summed E-state index contributed by atoms with van der Waals surface area (Å²) in [4.78, 5) is 4.09. The molecule has 86 valence electrons. The average Bonchev–Trinajstić information content (AvgIpc) is 2.88. The number of rotatable bonds is 3. The van der Waals surface area contributed by atoms with E-state index < -0.39 is 9.84 Å². The van der Waals surface area contributed by atoms with Crippen molar-refractivity contribution in [3.8, 4) is 0 Å².